The first kappa shape index (κ1) is 22.1. The van der Waals surface area contributed by atoms with Gasteiger partial charge in [-0.3, -0.25) is 0 Å². The lowest BCUT2D eigenvalue weighted by Gasteiger charge is -2.35. The first-order valence-corrected chi connectivity index (χ1v) is 12.0. The van der Waals surface area contributed by atoms with Crippen molar-refractivity contribution < 1.29 is 14.6 Å². The zero-order valence-corrected chi connectivity index (χ0v) is 17.8. The highest BCUT2D eigenvalue weighted by Gasteiger charge is 2.36. The molecule has 0 spiro atoms. The van der Waals surface area contributed by atoms with Gasteiger partial charge >= 0.3 is 0 Å². The second-order valence-electron chi connectivity index (χ2n) is 8.67. The molecule has 0 bridgehead atoms. The van der Waals surface area contributed by atoms with Crippen LogP contribution in [0.4, 0.5) is 0 Å². The van der Waals surface area contributed by atoms with E-state index in [9.17, 15) is 10.2 Å². The Morgan fingerprint density at radius 1 is 1.04 bits per heavy atom. The van der Waals surface area contributed by atoms with Gasteiger partial charge < -0.3 is 14.6 Å². The van der Waals surface area contributed by atoms with E-state index in [0.29, 0.717) is 19.4 Å². The summed E-state index contributed by atoms with van der Waals surface area (Å²) in [5.74, 6) is 0. The molecule has 142 valence electrons. The third-order valence-corrected chi connectivity index (χ3v) is 10.1. The Kier molecular flexibility index (Phi) is 8.07. The SMILES string of the molecule is Cc1ccccc1CC(CO)(CO)C/C=C/CO[Si](C)(C)C(C)(C)C. The van der Waals surface area contributed by atoms with Crippen molar-refractivity contribution in [2.45, 2.75) is 58.7 Å². The van der Waals surface area contributed by atoms with E-state index in [1.54, 1.807) is 0 Å². The Morgan fingerprint density at radius 2 is 1.64 bits per heavy atom. The second kappa shape index (κ2) is 9.13. The fraction of sp³-hybridized carbons (Fsp3) is 0.619. The van der Waals surface area contributed by atoms with Gasteiger partial charge in [-0.2, -0.15) is 0 Å². The number of rotatable bonds is 9. The molecular formula is C21H36O3Si. The van der Waals surface area contributed by atoms with Crippen molar-refractivity contribution in [3.63, 3.8) is 0 Å². The molecule has 0 saturated heterocycles. The third kappa shape index (κ3) is 6.37. The number of aliphatic hydroxyl groups excluding tert-OH is 2. The molecule has 0 radical (unpaired) electrons. The quantitative estimate of drug-likeness (QED) is 0.502. The minimum atomic E-state index is -1.74. The van der Waals surface area contributed by atoms with Crippen LogP contribution in [0.5, 0.6) is 0 Å². The molecule has 2 N–H and O–H groups in total. The summed E-state index contributed by atoms with van der Waals surface area (Å²) in [5, 5.41) is 20.0. The predicted octanol–water partition coefficient (Wildman–Crippen LogP) is 4.48. The number of allylic oxidation sites excluding steroid dienone is 1. The predicted molar refractivity (Wildman–Crippen MR) is 108 cm³/mol. The summed E-state index contributed by atoms with van der Waals surface area (Å²) in [5.41, 5.74) is 1.84. The van der Waals surface area contributed by atoms with Crippen molar-refractivity contribution in [3.8, 4) is 0 Å². The number of hydrogen-bond acceptors (Lipinski definition) is 3. The highest BCUT2D eigenvalue weighted by atomic mass is 28.4. The van der Waals surface area contributed by atoms with Crippen molar-refractivity contribution in [3.05, 3.63) is 47.5 Å². The molecule has 3 nitrogen and oxygen atoms in total. The van der Waals surface area contributed by atoms with Crippen LogP contribution in [0.15, 0.2) is 36.4 Å². The zero-order chi connectivity index (χ0) is 19.1. The smallest absolute Gasteiger partial charge is 0.192 e. The largest absolute Gasteiger partial charge is 0.413 e. The molecule has 4 heteroatoms. The van der Waals surface area contributed by atoms with Crippen molar-refractivity contribution in [1.82, 2.24) is 0 Å². The number of hydrogen-bond donors (Lipinski definition) is 2. The van der Waals surface area contributed by atoms with Crippen molar-refractivity contribution >= 4 is 8.32 Å². The summed E-state index contributed by atoms with van der Waals surface area (Å²) in [7, 11) is -1.74. The molecule has 0 aliphatic carbocycles. The standard InChI is InChI=1S/C21H36O3Si/c1-18-11-7-8-12-19(18)15-21(16-22,17-23)13-9-10-14-24-25(5,6)20(2,3)4/h7-12,22-23H,13-17H2,1-6H3/b10-9+. The minimum absolute atomic E-state index is 0.0364. The molecular weight excluding hydrogens is 328 g/mol. The first-order valence-electron chi connectivity index (χ1n) is 9.12. The normalized spacial score (nSPS) is 13.6. The van der Waals surface area contributed by atoms with Crippen LogP contribution in [-0.2, 0) is 10.8 Å². The molecule has 1 aromatic rings. The lowest BCUT2D eigenvalue weighted by atomic mass is 9.79. The number of benzene rings is 1. The van der Waals surface area contributed by atoms with Crippen LogP contribution in [0.1, 0.15) is 38.3 Å². The molecule has 0 unspecified atom stereocenters. The molecule has 0 heterocycles. The lowest BCUT2D eigenvalue weighted by molar-refractivity contribution is 0.0568. The summed E-state index contributed by atoms with van der Waals surface area (Å²) in [6, 6.07) is 8.15. The lowest BCUT2D eigenvalue weighted by Crippen LogP contribution is -2.40. The van der Waals surface area contributed by atoms with Crippen LogP contribution in [0.25, 0.3) is 0 Å². The number of aryl methyl sites for hydroxylation is 1. The molecule has 25 heavy (non-hydrogen) atoms. The molecule has 0 aliphatic heterocycles. The van der Waals surface area contributed by atoms with Gasteiger partial charge in [0.05, 0.1) is 19.8 Å². The van der Waals surface area contributed by atoms with Gasteiger partial charge in [-0.1, -0.05) is 57.2 Å². The molecule has 0 aromatic heterocycles. The topological polar surface area (TPSA) is 49.7 Å². The highest BCUT2D eigenvalue weighted by Crippen LogP contribution is 2.36. The summed E-state index contributed by atoms with van der Waals surface area (Å²) in [6.45, 7) is 13.8. The van der Waals surface area contributed by atoms with Gasteiger partial charge in [-0.25, -0.2) is 0 Å². The Hall–Kier alpha value is -0.943. The summed E-state index contributed by atoms with van der Waals surface area (Å²) < 4.78 is 6.14. The van der Waals surface area contributed by atoms with E-state index >= 15 is 0 Å². The monoisotopic (exact) mass is 364 g/mol. The van der Waals surface area contributed by atoms with E-state index in [1.165, 1.54) is 11.1 Å². The van der Waals surface area contributed by atoms with Crippen LogP contribution >= 0.6 is 0 Å². The van der Waals surface area contributed by atoms with E-state index in [2.05, 4.69) is 52.9 Å². The van der Waals surface area contributed by atoms with Crippen LogP contribution in [-0.4, -0.2) is 38.4 Å². The Morgan fingerprint density at radius 3 is 2.16 bits per heavy atom. The van der Waals surface area contributed by atoms with Gasteiger partial charge in [0.15, 0.2) is 8.32 Å². The molecule has 0 atom stereocenters. The van der Waals surface area contributed by atoms with Gasteiger partial charge in [0, 0.05) is 5.41 Å². The van der Waals surface area contributed by atoms with E-state index in [1.807, 2.05) is 24.3 Å². The maximum Gasteiger partial charge on any atom is 0.192 e. The molecule has 0 amide bonds. The summed E-state index contributed by atoms with van der Waals surface area (Å²) in [4.78, 5) is 0. The average molecular weight is 365 g/mol. The van der Waals surface area contributed by atoms with Gasteiger partial charge in [-0.05, 0) is 49.0 Å². The van der Waals surface area contributed by atoms with Crippen LogP contribution in [0.3, 0.4) is 0 Å². The van der Waals surface area contributed by atoms with Gasteiger partial charge in [-0.15, -0.1) is 0 Å². The summed E-state index contributed by atoms with van der Waals surface area (Å²) in [6.07, 6.45) is 5.37. The second-order valence-corrected chi connectivity index (χ2v) is 13.5. The Bertz CT molecular complexity index is 555. The van der Waals surface area contributed by atoms with E-state index in [-0.39, 0.29) is 18.3 Å². The van der Waals surface area contributed by atoms with E-state index < -0.39 is 13.7 Å². The molecule has 0 fully saturated rings. The first-order chi connectivity index (χ1) is 11.6. The zero-order valence-electron chi connectivity index (χ0n) is 16.8. The van der Waals surface area contributed by atoms with Gasteiger partial charge in [0.25, 0.3) is 0 Å². The van der Waals surface area contributed by atoms with E-state index in [4.69, 9.17) is 4.43 Å². The van der Waals surface area contributed by atoms with Crippen LogP contribution in [0.2, 0.25) is 18.1 Å². The fourth-order valence-electron chi connectivity index (χ4n) is 2.45. The molecule has 1 aromatic carbocycles. The van der Waals surface area contributed by atoms with E-state index in [0.717, 1.165) is 0 Å². The maximum atomic E-state index is 9.90. The minimum Gasteiger partial charge on any atom is -0.413 e. The van der Waals surface area contributed by atoms with Crippen molar-refractivity contribution in [1.29, 1.82) is 0 Å². The molecule has 1 rings (SSSR count). The maximum absolute atomic E-state index is 9.90. The third-order valence-electron chi connectivity index (χ3n) is 5.56. The Balaban J connectivity index is 2.68. The molecule has 0 aliphatic rings. The van der Waals surface area contributed by atoms with Crippen LogP contribution < -0.4 is 0 Å². The molecule has 0 saturated carbocycles. The van der Waals surface area contributed by atoms with Crippen LogP contribution in [0, 0.1) is 12.3 Å². The number of aliphatic hydroxyl groups is 2. The van der Waals surface area contributed by atoms with Gasteiger partial charge in [0.2, 0.25) is 0 Å². The van der Waals surface area contributed by atoms with Crippen molar-refractivity contribution in [2.24, 2.45) is 5.41 Å². The van der Waals surface area contributed by atoms with Gasteiger partial charge in [0.1, 0.15) is 0 Å². The average Bonchev–Trinajstić information content (AvgIpc) is 2.54. The summed E-state index contributed by atoms with van der Waals surface area (Å²) >= 11 is 0. The highest BCUT2D eigenvalue weighted by molar-refractivity contribution is 6.74. The Labute approximate surface area is 154 Å². The van der Waals surface area contributed by atoms with Crippen molar-refractivity contribution in [2.75, 3.05) is 19.8 Å². The fourth-order valence-corrected chi connectivity index (χ4v) is 3.40.